The Kier molecular flexibility index (Phi) is 5.49. The lowest BCUT2D eigenvalue weighted by Gasteiger charge is -2.61. The Morgan fingerprint density at radius 3 is 1.50 bits per heavy atom. The minimum Gasteiger partial charge on any atom is -0.0616 e. The first-order valence-corrected chi connectivity index (χ1v) is 18.9. The third-order valence-corrected chi connectivity index (χ3v) is 13.8. The summed E-state index contributed by atoms with van der Waals surface area (Å²) in [5.41, 5.74) is 11.8. The van der Waals surface area contributed by atoms with Gasteiger partial charge in [0, 0.05) is 5.41 Å². The second-order valence-corrected chi connectivity index (χ2v) is 16.0. The topological polar surface area (TPSA) is 0 Å². The monoisotopic (exact) mass is 638 g/mol. The third-order valence-electron chi connectivity index (χ3n) is 13.8. The fraction of sp³-hybridized carbons (Fsp3) is 0.200. The van der Waals surface area contributed by atoms with E-state index < -0.39 is 0 Å². The van der Waals surface area contributed by atoms with Gasteiger partial charge in [-0.15, -0.1) is 0 Å². The number of hydrogen-bond acceptors (Lipinski definition) is 0. The second kappa shape index (κ2) is 9.95. The van der Waals surface area contributed by atoms with Crippen LogP contribution < -0.4 is 0 Å². The quantitative estimate of drug-likeness (QED) is 0.165. The number of rotatable bonds is 2. The van der Waals surface area contributed by atoms with E-state index in [1.165, 1.54) is 109 Å². The summed E-state index contributed by atoms with van der Waals surface area (Å²) in [6.45, 7) is 0. The number of benzene rings is 8. The van der Waals surface area contributed by atoms with Crippen molar-refractivity contribution in [3.05, 3.63) is 157 Å². The van der Waals surface area contributed by atoms with Crippen molar-refractivity contribution in [2.45, 2.75) is 37.5 Å². The predicted molar refractivity (Wildman–Crippen MR) is 211 cm³/mol. The van der Waals surface area contributed by atoms with Gasteiger partial charge < -0.3 is 0 Å². The van der Waals surface area contributed by atoms with Gasteiger partial charge in [0.2, 0.25) is 0 Å². The number of hydrogen-bond donors (Lipinski definition) is 0. The van der Waals surface area contributed by atoms with Crippen LogP contribution in [0.2, 0.25) is 0 Å². The lowest BCUT2D eigenvalue weighted by Crippen LogP contribution is -2.55. The van der Waals surface area contributed by atoms with Crippen LogP contribution >= 0.6 is 0 Å². The van der Waals surface area contributed by atoms with E-state index in [0.717, 1.165) is 23.7 Å². The van der Waals surface area contributed by atoms with E-state index in [1.54, 1.807) is 11.1 Å². The molecule has 8 aromatic rings. The molecule has 1 spiro atoms. The van der Waals surface area contributed by atoms with Crippen LogP contribution in [0.5, 0.6) is 0 Å². The van der Waals surface area contributed by atoms with Gasteiger partial charge >= 0.3 is 0 Å². The second-order valence-electron chi connectivity index (χ2n) is 16.0. The maximum atomic E-state index is 2.69. The smallest absolute Gasteiger partial charge is 0.0272 e. The highest BCUT2D eigenvalue weighted by atomic mass is 14.6. The molecule has 4 saturated carbocycles. The van der Waals surface area contributed by atoms with E-state index in [1.807, 2.05) is 0 Å². The standard InChI is InChI=1S/C50H38/c1-2-11-34-28-35(18-17-32(34)9-1)47-40-13-5-7-15-42(40)48(43-16-8-6-14-41(43)47)36-19-21-44-46(29-36)50(37-24-30-23-31(26-37)27-38(50)25-30)45-22-20-33-10-3-4-12-39(33)49(44)45/h1-22,28-31,37-38H,23-27H2. The molecular formula is C50H38. The average Bonchev–Trinajstić information content (AvgIpc) is 3.46. The molecule has 0 heterocycles. The molecule has 0 radical (unpaired) electrons. The lowest BCUT2D eigenvalue weighted by molar-refractivity contribution is -0.0399. The van der Waals surface area contributed by atoms with Gasteiger partial charge in [-0.1, -0.05) is 133 Å². The maximum absolute atomic E-state index is 2.69. The van der Waals surface area contributed by atoms with Gasteiger partial charge in [0.1, 0.15) is 0 Å². The van der Waals surface area contributed by atoms with Gasteiger partial charge in [0.15, 0.2) is 0 Å². The molecule has 0 atom stereocenters. The fourth-order valence-electron chi connectivity index (χ4n) is 12.2. The van der Waals surface area contributed by atoms with Gasteiger partial charge in [-0.25, -0.2) is 0 Å². The van der Waals surface area contributed by atoms with Crippen LogP contribution in [0.15, 0.2) is 146 Å². The highest BCUT2D eigenvalue weighted by Crippen LogP contribution is 2.70. The highest BCUT2D eigenvalue weighted by molar-refractivity contribution is 6.22. The summed E-state index contributed by atoms with van der Waals surface area (Å²) in [4.78, 5) is 0. The van der Waals surface area contributed by atoms with Crippen LogP contribution in [0.4, 0.5) is 0 Å². The van der Waals surface area contributed by atoms with Gasteiger partial charge in [-0.2, -0.15) is 0 Å². The first kappa shape index (κ1) is 27.6. The largest absolute Gasteiger partial charge is 0.0616 e. The summed E-state index contributed by atoms with van der Waals surface area (Å²) in [5, 5.41) is 10.7. The Morgan fingerprint density at radius 1 is 0.360 bits per heavy atom. The first-order chi connectivity index (χ1) is 24.8. The molecule has 50 heavy (non-hydrogen) atoms. The van der Waals surface area contributed by atoms with Crippen molar-refractivity contribution in [1.29, 1.82) is 0 Å². The summed E-state index contributed by atoms with van der Waals surface area (Å²) in [7, 11) is 0. The molecule has 4 fully saturated rings. The molecule has 5 aliphatic rings. The maximum Gasteiger partial charge on any atom is 0.0272 e. The fourth-order valence-corrected chi connectivity index (χ4v) is 12.2. The predicted octanol–water partition coefficient (Wildman–Crippen LogP) is 13.4. The minimum atomic E-state index is 0.120. The van der Waals surface area contributed by atoms with Crippen LogP contribution in [0.1, 0.15) is 43.2 Å². The molecule has 5 aliphatic carbocycles. The Balaban J connectivity index is 1.15. The van der Waals surface area contributed by atoms with Crippen molar-refractivity contribution in [3.8, 4) is 33.4 Å². The highest BCUT2D eigenvalue weighted by Gasteiger charge is 2.61. The summed E-state index contributed by atoms with van der Waals surface area (Å²) >= 11 is 0. The molecule has 13 rings (SSSR count). The molecule has 8 aromatic carbocycles. The van der Waals surface area contributed by atoms with Crippen LogP contribution in [-0.2, 0) is 5.41 Å². The molecule has 0 nitrogen and oxygen atoms in total. The molecule has 0 unspecified atom stereocenters. The van der Waals surface area contributed by atoms with Crippen molar-refractivity contribution < 1.29 is 0 Å². The minimum absolute atomic E-state index is 0.120. The van der Waals surface area contributed by atoms with E-state index >= 15 is 0 Å². The summed E-state index contributed by atoms with van der Waals surface area (Å²) in [6, 6.07) is 55.9. The van der Waals surface area contributed by atoms with Crippen LogP contribution in [-0.4, -0.2) is 0 Å². The normalized spacial score (nSPS) is 24.5. The summed E-state index contributed by atoms with van der Waals surface area (Å²) in [6.07, 6.45) is 7.07. The Hall–Kier alpha value is -5.20. The van der Waals surface area contributed by atoms with E-state index in [9.17, 15) is 0 Å². The van der Waals surface area contributed by atoms with E-state index in [-0.39, 0.29) is 5.41 Å². The first-order valence-electron chi connectivity index (χ1n) is 18.9. The van der Waals surface area contributed by atoms with E-state index in [4.69, 9.17) is 0 Å². The molecule has 0 amide bonds. The zero-order chi connectivity index (χ0) is 32.6. The molecule has 238 valence electrons. The van der Waals surface area contributed by atoms with Crippen LogP contribution in [0.3, 0.4) is 0 Å². The molecular weight excluding hydrogens is 601 g/mol. The van der Waals surface area contributed by atoms with Crippen molar-refractivity contribution in [1.82, 2.24) is 0 Å². The number of fused-ring (bicyclic) bond motifs is 8. The van der Waals surface area contributed by atoms with Gasteiger partial charge in [-0.05, 0) is 156 Å². The van der Waals surface area contributed by atoms with Crippen molar-refractivity contribution >= 4 is 43.1 Å². The van der Waals surface area contributed by atoms with Gasteiger partial charge in [-0.3, -0.25) is 0 Å². The molecule has 0 aromatic heterocycles. The molecule has 0 saturated heterocycles. The lowest BCUT2D eigenvalue weighted by atomic mass is 9.43. The van der Waals surface area contributed by atoms with Crippen molar-refractivity contribution in [2.75, 3.05) is 0 Å². The average molecular weight is 639 g/mol. The Morgan fingerprint density at radius 2 is 0.860 bits per heavy atom. The SMILES string of the molecule is c1ccc2cc(-c3c4ccccc4c(-c4ccc5c(c4)C4(c6ccc7ccccc7c6-5)C5CC6CC(C5)CC4C6)c4ccccc34)ccc2c1. The van der Waals surface area contributed by atoms with E-state index in [0.29, 0.717) is 0 Å². The molecule has 4 bridgehead atoms. The molecule has 0 aliphatic heterocycles. The van der Waals surface area contributed by atoms with E-state index in [2.05, 4.69) is 146 Å². The third kappa shape index (κ3) is 3.52. The molecule has 0 heteroatoms. The zero-order valence-electron chi connectivity index (χ0n) is 28.2. The Labute approximate surface area is 293 Å². The van der Waals surface area contributed by atoms with Crippen LogP contribution in [0, 0.1) is 23.7 Å². The van der Waals surface area contributed by atoms with Crippen molar-refractivity contribution in [3.63, 3.8) is 0 Å². The van der Waals surface area contributed by atoms with Gasteiger partial charge in [0.25, 0.3) is 0 Å². The molecule has 0 N–H and O–H groups in total. The summed E-state index contributed by atoms with van der Waals surface area (Å²) in [5.74, 6) is 3.32. The van der Waals surface area contributed by atoms with Gasteiger partial charge in [0.05, 0.1) is 0 Å². The zero-order valence-corrected chi connectivity index (χ0v) is 28.2. The van der Waals surface area contributed by atoms with Crippen molar-refractivity contribution in [2.24, 2.45) is 23.7 Å². The summed E-state index contributed by atoms with van der Waals surface area (Å²) < 4.78 is 0. The Bertz CT molecular complexity index is 2640. The van der Waals surface area contributed by atoms with Crippen LogP contribution in [0.25, 0.3) is 76.5 Å².